The molecule has 0 aliphatic carbocycles. The second-order valence-electron chi connectivity index (χ2n) is 4.49. The summed E-state index contributed by atoms with van der Waals surface area (Å²) in [6, 6.07) is -0.0976. The standard InChI is InChI=1S/C12H24N2O2.ClH/c1-4-16-12(15)10(2)14-7-5-6-11(9-14)8-13-3;/h10-11,13H,4-9H2,1-3H3;1H. The number of likely N-dealkylation sites (tertiary alicyclic amines) is 1. The van der Waals surface area contributed by atoms with Crippen LogP contribution in [0.3, 0.4) is 0 Å². The fourth-order valence-electron chi connectivity index (χ4n) is 2.32. The van der Waals surface area contributed by atoms with Gasteiger partial charge in [0.1, 0.15) is 6.04 Å². The van der Waals surface area contributed by atoms with E-state index in [0.717, 1.165) is 19.6 Å². The first-order valence-corrected chi connectivity index (χ1v) is 6.24. The molecule has 1 aliphatic rings. The summed E-state index contributed by atoms with van der Waals surface area (Å²) in [6.07, 6.45) is 2.43. The van der Waals surface area contributed by atoms with Crippen LogP contribution in [0.25, 0.3) is 0 Å². The molecule has 1 fully saturated rings. The predicted molar refractivity (Wildman–Crippen MR) is 71.6 cm³/mol. The SMILES string of the molecule is CCOC(=O)C(C)N1CCCC(CNC)C1.Cl. The Kier molecular flexibility index (Phi) is 8.56. The maximum atomic E-state index is 11.6. The van der Waals surface area contributed by atoms with Gasteiger partial charge in [-0.15, -0.1) is 12.4 Å². The van der Waals surface area contributed by atoms with Crippen LogP contribution in [0.5, 0.6) is 0 Å². The van der Waals surface area contributed by atoms with Crippen molar-refractivity contribution in [1.29, 1.82) is 0 Å². The summed E-state index contributed by atoms with van der Waals surface area (Å²) in [6.45, 7) is 7.31. The highest BCUT2D eigenvalue weighted by atomic mass is 35.5. The van der Waals surface area contributed by atoms with Gasteiger partial charge in [0.2, 0.25) is 0 Å². The zero-order valence-corrected chi connectivity index (χ0v) is 11.9. The Hall–Kier alpha value is -0.320. The maximum Gasteiger partial charge on any atom is 0.323 e. The molecule has 2 unspecified atom stereocenters. The summed E-state index contributed by atoms with van der Waals surface area (Å²) < 4.78 is 5.06. The topological polar surface area (TPSA) is 41.6 Å². The van der Waals surface area contributed by atoms with Crippen LogP contribution in [0, 0.1) is 5.92 Å². The van der Waals surface area contributed by atoms with E-state index in [1.807, 2.05) is 20.9 Å². The van der Waals surface area contributed by atoms with Crippen LogP contribution in [0.1, 0.15) is 26.7 Å². The maximum absolute atomic E-state index is 11.6. The summed E-state index contributed by atoms with van der Waals surface area (Å²) in [4.78, 5) is 13.9. The van der Waals surface area contributed by atoms with Gasteiger partial charge in [-0.25, -0.2) is 0 Å². The first kappa shape index (κ1) is 16.7. The van der Waals surface area contributed by atoms with Gasteiger partial charge >= 0.3 is 5.97 Å². The summed E-state index contributed by atoms with van der Waals surface area (Å²) >= 11 is 0. The lowest BCUT2D eigenvalue weighted by Gasteiger charge is -2.35. The fourth-order valence-corrected chi connectivity index (χ4v) is 2.32. The first-order valence-electron chi connectivity index (χ1n) is 6.24. The number of hydrogen-bond acceptors (Lipinski definition) is 4. The third-order valence-electron chi connectivity index (χ3n) is 3.22. The lowest BCUT2D eigenvalue weighted by atomic mass is 9.97. The molecule has 5 heteroatoms. The van der Waals surface area contributed by atoms with Gasteiger partial charge in [0.25, 0.3) is 0 Å². The smallest absolute Gasteiger partial charge is 0.323 e. The Balaban J connectivity index is 0.00000256. The summed E-state index contributed by atoms with van der Waals surface area (Å²) in [5, 5.41) is 3.21. The van der Waals surface area contributed by atoms with Crippen LogP contribution in [0.15, 0.2) is 0 Å². The number of carbonyl (C=O) groups excluding carboxylic acids is 1. The highest BCUT2D eigenvalue weighted by Crippen LogP contribution is 2.18. The molecule has 0 aromatic rings. The summed E-state index contributed by atoms with van der Waals surface area (Å²) in [5.41, 5.74) is 0. The lowest BCUT2D eigenvalue weighted by Crippen LogP contribution is -2.47. The largest absolute Gasteiger partial charge is 0.465 e. The van der Waals surface area contributed by atoms with Crippen LogP contribution >= 0.6 is 12.4 Å². The van der Waals surface area contributed by atoms with Gasteiger partial charge in [-0.05, 0) is 52.7 Å². The average Bonchev–Trinajstić information content (AvgIpc) is 2.29. The zero-order chi connectivity index (χ0) is 12.0. The highest BCUT2D eigenvalue weighted by Gasteiger charge is 2.27. The molecule has 0 aromatic heterocycles. The van der Waals surface area contributed by atoms with Crippen LogP contribution < -0.4 is 5.32 Å². The fraction of sp³-hybridized carbons (Fsp3) is 0.917. The molecule has 1 heterocycles. The van der Waals surface area contributed by atoms with E-state index in [2.05, 4.69) is 10.2 Å². The van der Waals surface area contributed by atoms with E-state index in [1.165, 1.54) is 12.8 Å². The molecule has 0 amide bonds. The minimum absolute atomic E-state index is 0. The second-order valence-corrected chi connectivity index (χ2v) is 4.49. The van der Waals surface area contributed by atoms with Crippen molar-refractivity contribution < 1.29 is 9.53 Å². The van der Waals surface area contributed by atoms with Crippen molar-refractivity contribution in [1.82, 2.24) is 10.2 Å². The third kappa shape index (κ3) is 5.23. The van der Waals surface area contributed by atoms with Crippen molar-refractivity contribution in [2.24, 2.45) is 5.92 Å². The molecule has 1 rings (SSSR count). The molecule has 102 valence electrons. The van der Waals surface area contributed by atoms with E-state index in [0.29, 0.717) is 12.5 Å². The predicted octanol–water partition coefficient (Wildman–Crippen LogP) is 1.29. The number of carbonyl (C=O) groups is 1. The van der Waals surface area contributed by atoms with Gasteiger partial charge in [0.05, 0.1) is 6.61 Å². The van der Waals surface area contributed by atoms with Crippen molar-refractivity contribution in [2.45, 2.75) is 32.7 Å². The molecule has 0 bridgehead atoms. The monoisotopic (exact) mass is 264 g/mol. The van der Waals surface area contributed by atoms with E-state index < -0.39 is 0 Å². The van der Waals surface area contributed by atoms with Crippen LogP contribution in [0.4, 0.5) is 0 Å². The Labute approximate surface area is 110 Å². The second kappa shape index (κ2) is 8.72. The third-order valence-corrected chi connectivity index (χ3v) is 3.22. The quantitative estimate of drug-likeness (QED) is 0.760. The van der Waals surface area contributed by atoms with Crippen LogP contribution in [-0.4, -0.2) is 50.2 Å². The number of piperidine rings is 1. The van der Waals surface area contributed by atoms with Gasteiger partial charge in [0, 0.05) is 6.54 Å². The van der Waals surface area contributed by atoms with E-state index in [1.54, 1.807) is 0 Å². The Morgan fingerprint density at radius 2 is 2.29 bits per heavy atom. The highest BCUT2D eigenvalue weighted by molar-refractivity contribution is 5.85. The molecule has 0 aromatic carbocycles. The van der Waals surface area contributed by atoms with Crippen molar-refractivity contribution in [3.8, 4) is 0 Å². The molecule has 0 saturated carbocycles. The Morgan fingerprint density at radius 1 is 1.59 bits per heavy atom. The Morgan fingerprint density at radius 3 is 2.88 bits per heavy atom. The van der Waals surface area contributed by atoms with E-state index >= 15 is 0 Å². The number of halogens is 1. The van der Waals surface area contributed by atoms with E-state index in [9.17, 15) is 4.79 Å². The summed E-state index contributed by atoms with van der Waals surface area (Å²) in [5.74, 6) is 0.572. The van der Waals surface area contributed by atoms with Crippen molar-refractivity contribution in [3.63, 3.8) is 0 Å². The first-order chi connectivity index (χ1) is 7.69. The number of hydrogen-bond donors (Lipinski definition) is 1. The average molecular weight is 265 g/mol. The number of nitrogens with one attached hydrogen (secondary N) is 1. The molecule has 0 radical (unpaired) electrons. The van der Waals surface area contributed by atoms with Crippen LogP contribution in [-0.2, 0) is 9.53 Å². The Bertz CT molecular complexity index is 225. The molecular weight excluding hydrogens is 240 g/mol. The van der Waals surface area contributed by atoms with Gasteiger partial charge in [-0.2, -0.15) is 0 Å². The number of esters is 1. The molecule has 17 heavy (non-hydrogen) atoms. The number of nitrogens with zero attached hydrogens (tertiary/aromatic N) is 1. The minimum atomic E-state index is -0.0976. The number of ether oxygens (including phenoxy) is 1. The lowest BCUT2D eigenvalue weighted by molar-refractivity contribution is -0.149. The van der Waals surface area contributed by atoms with Crippen molar-refractivity contribution >= 4 is 18.4 Å². The molecular formula is C12H25ClN2O2. The minimum Gasteiger partial charge on any atom is -0.465 e. The van der Waals surface area contributed by atoms with E-state index in [4.69, 9.17) is 4.74 Å². The van der Waals surface area contributed by atoms with Gasteiger partial charge < -0.3 is 10.1 Å². The normalized spacial score (nSPS) is 22.6. The van der Waals surface area contributed by atoms with Crippen LogP contribution in [0.2, 0.25) is 0 Å². The van der Waals surface area contributed by atoms with Gasteiger partial charge in [0.15, 0.2) is 0 Å². The molecule has 1 N–H and O–H groups in total. The molecule has 4 nitrogen and oxygen atoms in total. The molecule has 1 saturated heterocycles. The molecule has 1 aliphatic heterocycles. The molecule has 0 spiro atoms. The van der Waals surface area contributed by atoms with Gasteiger partial charge in [-0.1, -0.05) is 0 Å². The summed E-state index contributed by atoms with van der Waals surface area (Å²) in [7, 11) is 1.98. The van der Waals surface area contributed by atoms with Crippen molar-refractivity contribution in [3.05, 3.63) is 0 Å². The zero-order valence-electron chi connectivity index (χ0n) is 11.1. The van der Waals surface area contributed by atoms with Gasteiger partial charge in [-0.3, -0.25) is 9.69 Å². The van der Waals surface area contributed by atoms with Crippen molar-refractivity contribution in [2.75, 3.05) is 33.3 Å². The molecule has 2 atom stereocenters. The number of rotatable bonds is 5. The van der Waals surface area contributed by atoms with E-state index in [-0.39, 0.29) is 24.4 Å².